The predicted molar refractivity (Wildman–Crippen MR) is 80.7 cm³/mol. The Labute approximate surface area is 122 Å². The van der Waals surface area contributed by atoms with E-state index in [2.05, 4.69) is 15.6 Å². The average molecular weight is 297 g/mol. The number of nitrogens with one attached hydrogen (secondary N) is 2. The number of hydrogen-bond acceptors (Lipinski definition) is 4. The van der Waals surface area contributed by atoms with Gasteiger partial charge in [-0.1, -0.05) is 6.92 Å². The summed E-state index contributed by atoms with van der Waals surface area (Å²) in [5.41, 5.74) is 0.282. The highest BCUT2D eigenvalue weighted by molar-refractivity contribution is 7.99. The Hall–Kier alpha value is -1.30. The lowest BCUT2D eigenvalue weighted by Gasteiger charge is -2.13. The van der Waals surface area contributed by atoms with E-state index in [-0.39, 0.29) is 11.5 Å². The summed E-state index contributed by atoms with van der Waals surface area (Å²) in [4.78, 5) is 16.1. The van der Waals surface area contributed by atoms with Crippen molar-refractivity contribution in [1.82, 2.24) is 10.3 Å². The van der Waals surface area contributed by atoms with Gasteiger partial charge in [-0.15, -0.1) is 0 Å². The fraction of sp³-hybridized carbons (Fsp3) is 0.571. The van der Waals surface area contributed by atoms with Gasteiger partial charge in [-0.3, -0.25) is 4.79 Å². The van der Waals surface area contributed by atoms with Crippen molar-refractivity contribution in [3.8, 4) is 0 Å². The quantitative estimate of drug-likeness (QED) is 0.847. The van der Waals surface area contributed by atoms with Crippen molar-refractivity contribution in [1.29, 1.82) is 0 Å². The molecule has 0 aromatic carbocycles. The molecular weight excluding hydrogens is 277 g/mol. The topological polar surface area (TPSA) is 54.0 Å². The van der Waals surface area contributed by atoms with E-state index in [1.165, 1.54) is 6.07 Å². The molecular formula is C14H20FN3OS. The van der Waals surface area contributed by atoms with E-state index in [9.17, 15) is 9.18 Å². The number of nitrogens with zero attached hydrogens (tertiary/aromatic N) is 1. The van der Waals surface area contributed by atoms with E-state index >= 15 is 0 Å². The Bertz CT molecular complexity index is 464. The average Bonchev–Trinajstić information content (AvgIpc) is 2.96. The second-order valence-electron chi connectivity index (χ2n) is 4.92. The molecule has 1 aliphatic rings. The van der Waals surface area contributed by atoms with Crippen LogP contribution in [0, 0.1) is 11.7 Å². The lowest BCUT2D eigenvalue weighted by molar-refractivity contribution is 0.0948. The van der Waals surface area contributed by atoms with Gasteiger partial charge in [0, 0.05) is 13.1 Å². The minimum absolute atomic E-state index is 0.257. The summed E-state index contributed by atoms with van der Waals surface area (Å²) in [6, 6.07) is 1.24. The van der Waals surface area contributed by atoms with Crippen LogP contribution in [-0.4, -0.2) is 35.5 Å². The van der Waals surface area contributed by atoms with E-state index in [4.69, 9.17) is 0 Å². The summed E-state index contributed by atoms with van der Waals surface area (Å²) in [7, 11) is 0. The van der Waals surface area contributed by atoms with Crippen molar-refractivity contribution in [2.24, 2.45) is 5.92 Å². The third kappa shape index (κ3) is 4.10. The van der Waals surface area contributed by atoms with Crippen LogP contribution < -0.4 is 10.6 Å². The van der Waals surface area contributed by atoms with Crippen molar-refractivity contribution in [3.05, 3.63) is 23.6 Å². The standard InChI is InChI=1S/C14H20FN3OS/c1-2-4-16-13-12(6-11(15)8-17-13)14(19)18-7-10-3-5-20-9-10/h6,8,10H,2-5,7,9H2,1H3,(H,16,17)(H,18,19). The predicted octanol–water partition coefficient (Wildman–Crippen LogP) is 2.53. The summed E-state index contributed by atoms with van der Waals surface area (Å²) in [6.07, 6.45) is 3.18. The summed E-state index contributed by atoms with van der Waals surface area (Å²) >= 11 is 1.91. The highest BCUT2D eigenvalue weighted by Crippen LogP contribution is 2.22. The maximum atomic E-state index is 13.3. The van der Waals surface area contributed by atoms with Gasteiger partial charge in [0.2, 0.25) is 0 Å². The van der Waals surface area contributed by atoms with Gasteiger partial charge in [0.15, 0.2) is 0 Å². The fourth-order valence-corrected chi connectivity index (χ4v) is 3.36. The van der Waals surface area contributed by atoms with Crippen LogP contribution in [0.5, 0.6) is 0 Å². The second kappa shape index (κ2) is 7.47. The van der Waals surface area contributed by atoms with E-state index in [1.807, 2.05) is 18.7 Å². The minimum Gasteiger partial charge on any atom is -0.369 e. The van der Waals surface area contributed by atoms with E-state index in [0.29, 0.717) is 24.8 Å². The van der Waals surface area contributed by atoms with Gasteiger partial charge in [-0.25, -0.2) is 9.37 Å². The Kier molecular flexibility index (Phi) is 5.64. The van der Waals surface area contributed by atoms with Gasteiger partial charge in [0.25, 0.3) is 5.91 Å². The molecule has 1 atom stereocenters. The first kappa shape index (κ1) is 15.1. The molecule has 1 saturated heterocycles. The van der Waals surface area contributed by atoms with Gasteiger partial charge in [0.05, 0.1) is 11.8 Å². The van der Waals surface area contributed by atoms with Crippen LogP contribution >= 0.6 is 11.8 Å². The first-order valence-corrected chi connectivity index (χ1v) is 8.11. The second-order valence-corrected chi connectivity index (χ2v) is 6.07. The van der Waals surface area contributed by atoms with Crippen LogP contribution in [-0.2, 0) is 0 Å². The molecule has 1 aliphatic heterocycles. The van der Waals surface area contributed by atoms with Crippen LogP contribution in [0.2, 0.25) is 0 Å². The van der Waals surface area contributed by atoms with E-state index in [1.54, 1.807) is 0 Å². The van der Waals surface area contributed by atoms with E-state index < -0.39 is 5.82 Å². The molecule has 6 heteroatoms. The summed E-state index contributed by atoms with van der Waals surface area (Å²) < 4.78 is 13.3. The Morgan fingerprint density at radius 3 is 3.15 bits per heavy atom. The maximum absolute atomic E-state index is 13.3. The Morgan fingerprint density at radius 1 is 1.60 bits per heavy atom. The number of rotatable bonds is 6. The van der Waals surface area contributed by atoms with Crippen molar-refractivity contribution in [2.75, 3.05) is 29.9 Å². The largest absolute Gasteiger partial charge is 0.369 e. The van der Waals surface area contributed by atoms with Crippen LogP contribution in [0.1, 0.15) is 30.1 Å². The molecule has 0 saturated carbocycles. The molecule has 0 aliphatic carbocycles. The van der Waals surface area contributed by atoms with Gasteiger partial charge in [0.1, 0.15) is 11.6 Å². The van der Waals surface area contributed by atoms with Crippen LogP contribution in [0.3, 0.4) is 0 Å². The number of thioether (sulfide) groups is 1. The normalized spacial score (nSPS) is 18.0. The summed E-state index contributed by atoms with van der Waals surface area (Å²) in [5, 5.41) is 5.94. The highest BCUT2D eigenvalue weighted by atomic mass is 32.2. The molecule has 4 nitrogen and oxygen atoms in total. The molecule has 2 heterocycles. The zero-order valence-corrected chi connectivity index (χ0v) is 12.4. The molecule has 0 spiro atoms. The number of aromatic nitrogens is 1. The molecule has 0 radical (unpaired) electrons. The molecule has 2 N–H and O–H groups in total. The number of halogens is 1. The molecule has 2 rings (SSSR count). The number of amides is 1. The van der Waals surface area contributed by atoms with E-state index in [0.717, 1.165) is 30.5 Å². The SMILES string of the molecule is CCCNc1ncc(F)cc1C(=O)NCC1CCSC1. The lowest BCUT2D eigenvalue weighted by atomic mass is 10.1. The van der Waals surface area contributed by atoms with Gasteiger partial charge < -0.3 is 10.6 Å². The zero-order valence-electron chi connectivity index (χ0n) is 11.6. The number of carbonyl (C=O) groups excluding carboxylic acids is 1. The molecule has 1 aromatic heterocycles. The van der Waals surface area contributed by atoms with Crippen LogP contribution in [0.4, 0.5) is 10.2 Å². The Morgan fingerprint density at radius 2 is 2.45 bits per heavy atom. The highest BCUT2D eigenvalue weighted by Gasteiger charge is 2.18. The molecule has 110 valence electrons. The third-order valence-corrected chi connectivity index (χ3v) is 4.45. The first-order valence-electron chi connectivity index (χ1n) is 6.96. The number of hydrogen-bond donors (Lipinski definition) is 2. The molecule has 1 fully saturated rings. The first-order chi connectivity index (χ1) is 9.70. The molecule has 0 bridgehead atoms. The number of anilines is 1. The van der Waals surface area contributed by atoms with Crippen molar-refractivity contribution in [3.63, 3.8) is 0 Å². The summed E-state index contributed by atoms with van der Waals surface area (Å²) in [6.45, 7) is 3.38. The smallest absolute Gasteiger partial charge is 0.255 e. The maximum Gasteiger partial charge on any atom is 0.255 e. The zero-order chi connectivity index (χ0) is 14.4. The van der Waals surface area contributed by atoms with Gasteiger partial charge in [-0.05, 0) is 36.3 Å². The Balaban J connectivity index is 2.00. The lowest BCUT2D eigenvalue weighted by Crippen LogP contribution is -2.30. The van der Waals surface area contributed by atoms with Gasteiger partial charge >= 0.3 is 0 Å². The molecule has 1 amide bonds. The van der Waals surface area contributed by atoms with Crippen molar-refractivity contribution in [2.45, 2.75) is 19.8 Å². The molecule has 1 unspecified atom stereocenters. The van der Waals surface area contributed by atoms with Crippen molar-refractivity contribution < 1.29 is 9.18 Å². The van der Waals surface area contributed by atoms with Crippen LogP contribution in [0.25, 0.3) is 0 Å². The van der Waals surface area contributed by atoms with Crippen LogP contribution in [0.15, 0.2) is 12.3 Å². The third-order valence-electron chi connectivity index (χ3n) is 3.22. The molecule has 20 heavy (non-hydrogen) atoms. The number of pyridine rings is 1. The monoisotopic (exact) mass is 297 g/mol. The fourth-order valence-electron chi connectivity index (χ4n) is 2.07. The molecule has 1 aromatic rings. The number of carbonyl (C=O) groups is 1. The summed E-state index contributed by atoms with van der Waals surface area (Å²) in [5.74, 6) is 2.47. The minimum atomic E-state index is -0.492. The van der Waals surface area contributed by atoms with Gasteiger partial charge in [-0.2, -0.15) is 11.8 Å². The van der Waals surface area contributed by atoms with Crippen molar-refractivity contribution >= 4 is 23.5 Å².